The summed E-state index contributed by atoms with van der Waals surface area (Å²) in [5.41, 5.74) is 3.10. The maximum atomic E-state index is 12.2. The second-order valence-electron chi connectivity index (χ2n) is 4.59. The van der Waals surface area contributed by atoms with Gasteiger partial charge in [0.1, 0.15) is 22.4 Å². The summed E-state index contributed by atoms with van der Waals surface area (Å²) in [6, 6.07) is 7.50. The van der Waals surface area contributed by atoms with Crippen molar-refractivity contribution in [3.8, 4) is 0 Å². The van der Waals surface area contributed by atoms with Gasteiger partial charge < -0.3 is 5.32 Å². The Morgan fingerprint density at radius 3 is 3.09 bits per heavy atom. The number of carbonyl (C=O) groups excluding carboxylic acids is 1. The van der Waals surface area contributed by atoms with Gasteiger partial charge in [0, 0.05) is 0 Å². The summed E-state index contributed by atoms with van der Waals surface area (Å²) >= 11 is 4.12. The van der Waals surface area contributed by atoms with E-state index in [1.165, 1.54) is 18.1 Å². The Balaban J connectivity index is 1.48. The number of nitrogens with zero attached hydrogens (tertiary/aromatic N) is 4. The SMILES string of the molecule is O=C(CSc1ncnc2ccsc12)Nc1cccc2nsnc12. The van der Waals surface area contributed by atoms with Gasteiger partial charge in [0.2, 0.25) is 5.91 Å². The molecule has 0 saturated carbocycles. The number of aromatic nitrogens is 4. The smallest absolute Gasteiger partial charge is 0.234 e. The molecule has 3 heterocycles. The van der Waals surface area contributed by atoms with E-state index in [0.29, 0.717) is 5.69 Å². The molecule has 4 rings (SSSR count). The van der Waals surface area contributed by atoms with Crippen LogP contribution in [-0.4, -0.2) is 30.4 Å². The molecule has 0 bridgehead atoms. The van der Waals surface area contributed by atoms with Crippen molar-refractivity contribution in [2.75, 3.05) is 11.1 Å². The fraction of sp³-hybridized carbons (Fsp3) is 0.0714. The minimum atomic E-state index is -0.0983. The highest BCUT2D eigenvalue weighted by Crippen LogP contribution is 2.29. The molecule has 6 nitrogen and oxygen atoms in total. The Kier molecular flexibility index (Phi) is 3.90. The van der Waals surface area contributed by atoms with Gasteiger partial charge in [0.15, 0.2) is 0 Å². The molecule has 4 aromatic rings. The number of hydrogen-bond acceptors (Lipinski definition) is 8. The molecular formula is C14H9N5OS3. The molecule has 0 aliphatic heterocycles. The highest BCUT2D eigenvalue weighted by molar-refractivity contribution is 8.00. The molecule has 0 unspecified atom stereocenters. The first-order valence-corrected chi connectivity index (χ1v) is 9.23. The number of amides is 1. The van der Waals surface area contributed by atoms with Crippen molar-refractivity contribution < 1.29 is 4.79 Å². The molecule has 0 saturated heterocycles. The molecule has 1 N–H and O–H groups in total. The van der Waals surface area contributed by atoms with Gasteiger partial charge in [-0.2, -0.15) is 8.75 Å². The first-order chi connectivity index (χ1) is 11.3. The van der Waals surface area contributed by atoms with E-state index < -0.39 is 0 Å². The van der Waals surface area contributed by atoms with Gasteiger partial charge in [-0.1, -0.05) is 17.8 Å². The van der Waals surface area contributed by atoms with Crippen molar-refractivity contribution in [3.63, 3.8) is 0 Å². The van der Waals surface area contributed by atoms with E-state index in [-0.39, 0.29) is 11.7 Å². The lowest BCUT2D eigenvalue weighted by atomic mass is 10.2. The number of thioether (sulfide) groups is 1. The molecular weight excluding hydrogens is 350 g/mol. The minimum Gasteiger partial charge on any atom is -0.323 e. The van der Waals surface area contributed by atoms with Gasteiger partial charge in [-0.05, 0) is 23.6 Å². The first-order valence-electron chi connectivity index (χ1n) is 6.63. The van der Waals surface area contributed by atoms with Crippen LogP contribution in [0.25, 0.3) is 21.3 Å². The van der Waals surface area contributed by atoms with Crippen molar-refractivity contribution in [1.82, 2.24) is 18.7 Å². The highest BCUT2D eigenvalue weighted by Gasteiger charge is 2.11. The Morgan fingerprint density at radius 1 is 1.17 bits per heavy atom. The molecule has 0 fully saturated rings. The summed E-state index contributed by atoms with van der Waals surface area (Å²) in [6.07, 6.45) is 1.52. The molecule has 114 valence electrons. The van der Waals surface area contributed by atoms with Crippen molar-refractivity contribution >= 4 is 67.7 Å². The molecule has 0 radical (unpaired) electrons. The van der Waals surface area contributed by atoms with E-state index in [4.69, 9.17) is 0 Å². The van der Waals surface area contributed by atoms with Crippen molar-refractivity contribution in [2.24, 2.45) is 0 Å². The Labute approximate surface area is 143 Å². The molecule has 0 aliphatic rings. The van der Waals surface area contributed by atoms with Crippen LogP contribution < -0.4 is 5.32 Å². The van der Waals surface area contributed by atoms with Gasteiger partial charge >= 0.3 is 0 Å². The van der Waals surface area contributed by atoms with Gasteiger partial charge in [-0.25, -0.2) is 9.97 Å². The Bertz CT molecular complexity index is 996. The lowest BCUT2D eigenvalue weighted by Gasteiger charge is -2.05. The van der Waals surface area contributed by atoms with Crippen LogP contribution in [0.3, 0.4) is 0 Å². The lowest BCUT2D eigenvalue weighted by Crippen LogP contribution is -2.14. The predicted molar refractivity (Wildman–Crippen MR) is 94.2 cm³/mol. The Morgan fingerprint density at radius 2 is 2.13 bits per heavy atom. The van der Waals surface area contributed by atoms with Crippen LogP contribution in [0.5, 0.6) is 0 Å². The number of nitrogens with one attached hydrogen (secondary N) is 1. The molecule has 9 heteroatoms. The number of hydrogen-bond donors (Lipinski definition) is 1. The van der Waals surface area contributed by atoms with Crippen LogP contribution in [0.2, 0.25) is 0 Å². The van der Waals surface area contributed by atoms with Crippen molar-refractivity contribution in [1.29, 1.82) is 0 Å². The number of anilines is 1. The normalized spacial score (nSPS) is 11.1. The topological polar surface area (TPSA) is 80.7 Å². The fourth-order valence-corrected chi connectivity index (χ4v) is 4.39. The standard InChI is InChI=1S/C14H9N5OS3/c20-11(17-8-2-1-3-9-12(8)19-23-18-9)6-22-14-13-10(4-5-21-13)15-7-16-14/h1-5,7H,6H2,(H,17,20). The number of benzene rings is 1. The van der Waals surface area contributed by atoms with E-state index in [0.717, 1.165) is 38.0 Å². The Hall–Kier alpha value is -2.10. The zero-order valence-electron chi connectivity index (χ0n) is 11.6. The van der Waals surface area contributed by atoms with E-state index in [1.54, 1.807) is 11.3 Å². The van der Waals surface area contributed by atoms with Gasteiger partial charge in [-0.3, -0.25) is 4.79 Å². The summed E-state index contributed by atoms with van der Waals surface area (Å²) in [5, 5.41) is 5.69. The quantitative estimate of drug-likeness (QED) is 0.444. The summed E-state index contributed by atoms with van der Waals surface area (Å²) in [5.74, 6) is 0.177. The van der Waals surface area contributed by atoms with Crippen LogP contribution in [-0.2, 0) is 4.79 Å². The monoisotopic (exact) mass is 359 g/mol. The van der Waals surface area contributed by atoms with Crippen LogP contribution in [0.4, 0.5) is 5.69 Å². The number of fused-ring (bicyclic) bond motifs is 2. The largest absolute Gasteiger partial charge is 0.323 e. The average Bonchev–Trinajstić information content (AvgIpc) is 3.22. The molecule has 0 aliphatic carbocycles. The maximum absolute atomic E-state index is 12.2. The molecule has 1 aromatic carbocycles. The average molecular weight is 359 g/mol. The van der Waals surface area contributed by atoms with Crippen molar-refractivity contribution in [2.45, 2.75) is 5.03 Å². The highest BCUT2D eigenvalue weighted by atomic mass is 32.2. The van der Waals surface area contributed by atoms with Crippen LogP contribution in [0.15, 0.2) is 41.0 Å². The second-order valence-corrected chi connectivity index (χ2v) is 7.00. The molecule has 1 amide bonds. The minimum absolute atomic E-state index is 0.0983. The number of carbonyl (C=O) groups is 1. The summed E-state index contributed by atoms with van der Waals surface area (Å²) in [4.78, 5) is 20.7. The third-order valence-electron chi connectivity index (χ3n) is 3.11. The zero-order chi connectivity index (χ0) is 15.6. The summed E-state index contributed by atoms with van der Waals surface area (Å²) < 4.78 is 9.39. The van der Waals surface area contributed by atoms with Gasteiger partial charge in [-0.15, -0.1) is 11.3 Å². The van der Waals surface area contributed by atoms with E-state index >= 15 is 0 Å². The summed E-state index contributed by atoms with van der Waals surface area (Å²) in [6.45, 7) is 0. The number of thiophene rings is 1. The fourth-order valence-electron chi connectivity index (χ4n) is 2.10. The van der Waals surface area contributed by atoms with Crippen LogP contribution in [0.1, 0.15) is 0 Å². The predicted octanol–water partition coefficient (Wildman–Crippen LogP) is 3.43. The third kappa shape index (κ3) is 2.90. The van der Waals surface area contributed by atoms with Crippen LogP contribution >= 0.6 is 34.8 Å². The summed E-state index contributed by atoms with van der Waals surface area (Å²) in [7, 11) is 0. The molecule has 0 atom stereocenters. The van der Waals surface area contributed by atoms with Crippen molar-refractivity contribution in [3.05, 3.63) is 36.0 Å². The first kappa shape index (κ1) is 14.5. The lowest BCUT2D eigenvalue weighted by molar-refractivity contribution is -0.113. The maximum Gasteiger partial charge on any atom is 0.234 e. The molecule has 3 aromatic heterocycles. The third-order valence-corrected chi connectivity index (χ3v) is 5.68. The second kappa shape index (κ2) is 6.19. The zero-order valence-corrected chi connectivity index (χ0v) is 14.0. The van der Waals surface area contributed by atoms with E-state index in [9.17, 15) is 4.79 Å². The molecule has 23 heavy (non-hydrogen) atoms. The van der Waals surface area contributed by atoms with Gasteiger partial charge in [0.05, 0.1) is 33.4 Å². The number of rotatable bonds is 4. The molecule has 0 spiro atoms. The van der Waals surface area contributed by atoms with E-state index in [1.807, 2.05) is 29.6 Å². The van der Waals surface area contributed by atoms with Gasteiger partial charge in [0.25, 0.3) is 0 Å². The van der Waals surface area contributed by atoms with E-state index in [2.05, 4.69) is 24.0 Å². The van der Waals surface area contributed by atoms with Crippen LogP contribution in [0, 0.1) is 0 Å².